The van der Waals surface area contributed by atoms with E-state index in [1.807, 2.05) is 30.3 Å². The Morgan fingerprint density at radius 1 is 1.11 bits per heavy atom. The number of rotatable bonds is 4. The van der Waals surface area contributed by atoms with Crippen molar-refractivity contribution in [2.45, 2.75) is 38.3 Å². The lowest BCUT2D eigenvalue weighted by Crippen LogP contribution is -2.42. The van der Waals surface area contributed by atoms with E-state index in [-0.39, 0.29) is 38.6 Å². The molecule has 0 radical (unpaired) electrons. The number of benzene rings is 1. The summed E-state index contributed by atoms with van der Waals surface area (Å²) in [4.78, 5) is 57.2. The molecule has 150 valence electrons. The van der Waals surface area contributed by atoms with Gasteiger partial charge in [0.2, 0.25) is 0 Å². The van der Waals surface area contributed by atoms with Gasteiger partial charge in [-0.1, -0.05) is 30.3 Å². The van der Waals surface area contributed by atoms with Crippen LogP contribution in [0.5, 0.6) is 0 Å². The molecular formula is C18H21N3O7. The third kappa shape index (κ3) is 5.19. The van der Waals surface area contributed by atoms with Gasteiger partial charge in [-0.15, -0.1) is 5.06 Å². The highest BCUT2D eigenvalue weighted by Crippen LogP contribution is 2.14. The predicted octanol–water partition coefficient (Wildman–Crippen LogP) is 1.51. The van der Waals surface area contributed by atoms with Gasteiger partial charge in [-0.05, 0) is 18.4 Å². The van der Waals surface area contributed by atoms with Crippen LogP contribution in [0.1, 0.15) is 31.2 Å². The predicted molar refractivity (Wildman–Crippen MR) is 93.0 cm³/mol. The van der Waals surface area contributed by atoms with Crippen LogP contribution in [0.25, 0.3) is 0 Å². The molecule has 3 rings (SSSR count). The van der Waals surface area contributed by atoms with E-state index in [0.717, 1.165) is 10.6 Å². The summed E-state index contributed by atoms with van der Waals surface area (Å²) in [5.74, 6) is -1.09. The molecule has 0 spiro atoms. The molecule has 2 aliphatic rings. The SMILES string of the molecule is O=C(N[C@H]1CCON(C(=O)OCc2ccccc2)CC1)ON1C(=O)CCC1=O. The number of amides is 4. The van der Waals surface area contributed by atoms with E-state index in [2.05, 4.69) is 5.32 Å². The second-order valence-electron chi connectivity index (χ2n) is 6.35. The van der Waals surface area contributed by atoms with Crippen LogP contribution in [0, 0.1) is 0 Å². The van der Waals surface area contributed by atoms with Gasteiger partial charge >= 0.3 is 12.2 Å². The summed E-state index contributed by atoms with van der Waals surface area (Å²) < 4.78 is 5.22. The van der Waals surface area contributed by atoms with Crippen molar-refractivity contribution in [3.8, 4) is 0 Å². The second-order valence-corrected chi connectivity index (χ2v) is 6.35. The van der Waals surface area contributed by atoms with Gasteiger partial charge in [-0.2, -0.15) is 5.06 Å². The van der Waals surface area contributed by atoms with Crippen molar-refractivity contribution in [2.24, 2.45) is 0 Å². The number of hydrogen-bond donors (Lipinski definition) is 1. The minimum Gasteiger partial charge on any atom is -0.443 e. The van der Waals surface area contributed by atoms with Crippen LogP contribution < -0.4 is 5.32 Å². The molecule has 10 heteroatoms. The van der Waals surface area contributed by atoms with E-state index in [9.17, 15) is 19.2 Å². The molecule has 4 amide bonds. The van der Waals surface area contributed by atoms with E-state index in [4.69, 9.17) is 14.4 Å². The van der Waals surface area contributed by atoms with Crippen LogP contribution in [0.3, 0.4) is 0 Å². The topological polar surface area (TPSA) is 114 Å². The molecule has 2 saturated heterocycles. The van der Waals surface area contributed by atoms with Gasteiger partial charge < -0.3 is 14.9 Å². The van der Waals surface area contributed by atoms with Crippen molar-refractivity contribution in [1.82, 2.24) is 15.4 Å². The Balaban J connectivity index is 1.42. The zero-order valence-electron chi connectivity index (χ0n) is 15.2. The summed E-state index contributed by atoms with van der Waals surface area (Å²) in [6.07, 6.45) is -0.613. The van der Waals surface area contributed by atoms with Crippen molar-refractivity contribution in [3.05, 3.63) is 35.9 Å². The minimum atomic E-state index is -0.895. The highest BCUT2D eigenvalue weighted by Gasteiger charge is 2.33. The summed E-state index contributed by atoms with van der Waals surface area (Å²) in [5.41, 5.74) is 0.860. The van der Waals surface area contributed by atoms with Crippen LogP contribution in [0.4, 0.5) is 9.59 Å². The summed E-state index contributed by atoms with van der Waals surface area (Å²) >= 11 is 0. The first kappa shape index (κ1) is 19.6. The van der Waals surface area contributed by atoms with Gasteiger partial charge in [-0.3, -0.25) is 14.4 Å². The van der Waals surface area contributed by atoms with Crippen LogP contribution in [0.15, 0.2) is 30.3 Å². The molecule has 1 aromatic rings. The molecule has 1 N–H and O–H groups in total. The minimum absolute atomic E-state index is 0.0312. The van der Waals surface area contributed by atoms with Crippen molar-refractivity contribution in [1.29, 1.82) is 0 Å². The third-order valence-corrected chi connectivity index (χ3v) is 4.30. The summed E-state index contributed by atoms with van der Waals surface area (Å²) in [7, 11) is 0. The highest BCUT2D eigenvalue weighted by atomic mass is 16.7. The van der Waals surface area contributed by atoms with Crippen LogP contribution >= 0.6 is 0 Å². The number of nitrogens with one attached hydrogen (secondary N) is 1. The quantitative estimate of drug-likeness (QED) is 0.774. The Labute approximate surface area is 161 Å². The fourth-order valence-electron chi connectivity index (χ4n) is 2.80. The lowest BCUT2D eigenvalue weighted by Gasteiger charge is -2.19. The van der Waals surface area contributed by atoms with Gasteiger partial charge in [0.1, 0.15) is 6.61 Å². The maximum Gasteiger partial charge on any atom is 0.434 e. The first-order valence-electron chi connectivity index (χ1n) is 8.98. The normalized spacial score (nSPS) is 19.9. The number of carbonyl (C=O) groups excluding carboxylic acids is 4. The van der Waals surface area contributed by atoms with Crippen molar-refractivity contribution >= 4 is 24.0 Å². The zero-order chi connectivity index (χ0) is 19.9. The van der Waals surface area contributed by atoms with Gasteiger partial charge in [0.25, 0.3) is 11.8 Å². The Hall–Kier alpha value is -3.14. The average molecular weight is 391 g/mol. The molecule has 0 aliphatic carbocycles. The molecule has 0 unspecified atom stereocenters. The van der Waals surface area contributed by atoms with Crippen LogP contribution in [-0.4, -0.2) is 53.3 Å². The molecular weight excluding hydrogens is 370 g/mol. The number of ether oxygens (including phenoxy) is 1. The van der Waals surface area contributed by atoms with Gasteiger partial charge in [-0.25, -0.2) is 9.59 Å². The fraction of sp³-hybridized carbons (Fsp3) is 0.444. The maximum atomic E-state index is 12.1. The molecule has 2 heterocycles. The Morgan fingerprint density at radius 3 is 2.54 bits per heavy atom. The smallest absolute Gasteiger partial charge is 0.434 e. The third-order valence-electron chi connectivity index (χ3n) is 4.30. The summed E-state index contributed by atoms with van der Waals surface area (Å²) in [6.45, 7) is 0.526. The monoisotopic (exact) mass is 391 g/mol. The Kier molecular flexibility index (Phi) is 6.43. The molecule has 1 atom stereocenters. The van der Waals surface area contributed by atoms with Crippen LogP contribution in [0.2, 0.25) is 0 Å². The lowest BCUT2D eigenvalue weighted by atomic mass is 10.1. The Morgan fingerprint density at radius 2 is 1.82 bits per heavy atom. The maximum absolute atomic E-state index is 12.1. The number of nitrogens with zero attached hydrogens (tertiary/aromatic N) is 2. The van der Waals surface area contributed by atoms with Crippen molar-refractivity contribution in [2.75, 3.05) is 13.2 Å². The molecule has 28 heavy (non-hydrogen) atoms. The van der Waals surface area contributed by atoms with E-state index in [0.29, 0.717) is 17.9 Å². The molecule has 0 aromatic heterocycles. The zero-order valence-corrected chi connectivity index (χ0v) is 15.2. The van der Waals surface area contributed by atoms with Crippen LogP contribution in [-0.2, 0) is 30.6 Å². The first-order valence-corrected chi connectivity index (χ1v) is 8.98. The molecule has 1 aromatic carbocycles. The molecule has 0 saturated carbocycles. The van der Waals surface area contributed by atoms with Gasteiger partial charge in [0.15, 0.2) is 0 Å². The molecule has 10 nitrogen and oxygen atoms in total. The number of hydrogen-bond acceptors (Lipinski definition) is 7. The standard InChI is InChI=1S/C18H21N3O7/c22-15-6-7-16(23)21(15)28-17(24)19-14-8-10-20(27-11-9-14)18(25)26-12-13-4-2-1-3-5-13/h1-5,14H,6-12H2,(H,19,24)/t14-/m1/s1. The first-order chi connectivity index (χ1) is 13.5. The van der Waals surface area contributed by atoms with E-state index >= 15 is 0 Å². The van der Waals surface area contributed by atoms with Crippen molar-refractivity contribution < 1.29 is 33.6 Å². The van der Waals surface area contributed by atoms with Gasteiger partial charge in [0.05, 0.1) is 13.2 Å². The van der Waals surface area contributed by atoms with E-state index in [1.54, 1.807) is 0 Å². The second kappa shape index (κ2) is 9.18. The summed E-state index contributed by atoms with van der Waals surface area (Å²) in [5, 5.41) is 4.17. The number of hydroxylamine groups is 4. The molecule has 0 bridgehead atoms. The van der Waals surface area contributed by atoms with E-state index in [1.165, 1.54) is 0 Å². The summed E-state index contributed by atoms with van der Waals surface area (Å²) in [6, 6.07) is 8.92. The number of carbonyl (C=O) groups is 4. The average Bonchev–Trinajstić information content (AvgIpc) is 2.88. The van der Waals surface area contributed by atoms with Crippen molar-refractivity contribution in [3.63, 3.8) is 0 Å². The molecule has 2 fully saturated rings. The fourth-order valence-corrected chi connectivity index (χ4v) is 2.80. The molecule has 2 aliphatic heterocycles. The Bertz CT molecular complexity index is 724. The number of imide groups is 1. The highest BCUT2D eigenvalue weighted by molar-refractivity contribution is 6.01. The lowest BCUT2D eigenvalue weighted by molar-refractivity contribution is -0.171. The largest absolute Gasteiger partial charge is 0.443 e. The van der Waals surface area contributed by atoms with Gasteiger partial charge in [0, 0.05) is 18.9 Å². The van der Waals surface area contributed by atoms with E-state index < -0.39 is 24.0 Å².